The maximum Gasteiger partial charge on any atom is 0.209 e. The summed E-state index contributed by atoms with van der Waals surface area (Å²) >= 11 is 0. The third-order valence-corrected chi connectivity index (χ3v) is 6.07. The van der Waals surface area contributed by atoms with E-state index in [1.54, 1.807) is 4.90 Å². The normalized spacial score (nSPS) is 21.2. The molecule has 2 aliphatic rings. The number of carbonyl (C=O) groups excluding carboxylic acids is 1. The molecule has 1 aromatic carbocycles. The molecule has 0 saturated carbocycles. The van der Waals surface area contributed by atoms with Crippen LogP contribution in [0.2, 0.25) is 0 Å². The lowest BCUT2D eigenvalue weighted by Crippen LogP contribution is -2.48. The molecule has 160 valence electrons. The Kier molecular flexibility index (Phi) is 6.72. The first-order valence-corrected chi connectivity index (χ1v) is 10.8. The van der Waals surface area contributed by atoms with Crippen LogP contribution < -0.4 is 0 Å². The number of nitrogens with zero attached hydrogens (tertiary/aromatic N) is 5. The number of ether oxygens (including phenoxy) is 1. The number of carbonyl (C=O) groups is 1. The molecule has 0 radical (unpaired) electrons. The number of hydrogen-bond acceptors (Lipinski definition) is 6. The van der Waals surface area contributed by atoms with Crippen molar-refractivity contribution >= 4 is 6.41 Å². The summed E-state index contributed by atoms with van der Waals surface area (Å²) in [6.07, 6.45) is 0.827. The van der Waals surface area contributed by atoms with Gasteiger partial charge in [0.25, 0.3) is 0 Å². The quantitative estimate of drug-likeness (QED) is 0.682. The minimum absolute atomic E-state index is 0.0670. The molecule has 3 heterocycles. The number of hydrogen-bond donors (Lipinski definition) is 0. The Morgan fingerprint density at radius 2 is 1.80 bits per heavy atom. The predicted octanol–water partition coefficient (Wildman–Crippen LogP) is 2.20. The maximum atomic E-state index is 11.0. The molecule has 4 rings (SSSR count). The van der Waals surface area contributed by atoms with Crippen LogP contribution in [0.3, 0.4) is 0 Å². The van der Waals surface area contributed by atoms with Crippen LogP contribution in [0.4, 0.5) is 0 Å². The fourth-order valence-corrected chi connectivity index (χ4v) is 4.10. The summed E-state index contributed by atoms with van der Waals surface area (Å²) in [6, 6.07) is 13.0. The van der Waals surface area contributed by atoms with Gasteiger partial charge in [-0.25, -0.2) is 0 Å². The number of benzene rings is 1. The number of rotatable bonds is 6. The van der Waals surface area contributed by atoms with Crippen LogP contribution >= 0.6 is 0 Å². The molecule has 30 heavy (non-hydrogen) atoms. The molecule has 2 saturated heterocycles. The standard InChI is InChI=1S/C23H31N5O2/c1-18(2)28-11-9-26(10-12-28)15-21-7-8-22(25-24-21)19-3-5-20(6-4-19)23-16-27(17-29)13-14-30-23/h3-8,17-18,23H,9-16H2,1-2H3. The van der Waals surface area contributed by atoms with Crippen molar-refractivity contribution in [1.82, 2.24) is 24.9 Å². The van der Waals surface area contributed by atoms with Gasteiger partial charge >= 0.3 is 0 Å². The number of morpholine rings is 1. The highest BCUT2D eigenvalue weighted by Crippen LogP contribution is 2.25. The lowest BCUT2D eigenvalue weighted by Gasteiger charge is -2.36. The first-order chi connectivity index (χ1) is 14.6. The van der Waals surface area contributed by atoms with E-state index in [4.69, 9.17) is 4.74 Å². The highest BCUT2D eigenvalue weighted by atomic mass is 16.5. The first kappa shape index (κ1) is 20.9. The molecule has 0 aliphatic carbocycles. The smallest absolute Gasteiger partial charge is 0.209 e. The number of aromatic nitrogens is 2. The largest absolute Gasteiger partial charge is 0.370 e. The molecule has 0 bridgehead atoms. The van der Waals surface area contributed by atoms with Crippen LogP contribution in [-0.2, 0) is 16.1 Å². The van der Waals surface area contributed by atoms with Crippen LogP contribution in [0.1, 0.15) is 31.2 Å². The van der Waals surface area contributed by atoms with E-state index in [9.17, 15) is 4.79 Å². The molecule has 0 N–H and O–H groups in total. The fourth-order valence-electron chi connectivity index (χ4n) is 4.10. The second kappa shape index (κ2) is 9.64. The molecule has 7 nitrogen and oxygen atoms in total. The molecule has 0 spiro atoms. The van der Waals surface area contributed by atoms with Crippen molar-refractivity contribution in [1.29, 1.82) is 0 Å². The predicted molar refractivity (Wildman–Crippen MR) is 116 cm³/mol. The summed E-state index contributed by atoms with van der Waals surface area (Å²) in [4.78, 5) is 17.7. The van der Waals surface area contributed by atoms with Crippen molar-refractivity contribution in [3.8, 4) is 11.3 Å². The summed E-state index contributed by atoms with van der Waals surface area (Å²) in [7, 11) is 0. The topological polar surface area (TPSA) is 61.8 Å². The molecule has 1 aromatic heterocycles. The summed E-state index contributed by atoms with van der Waals surface area (Å²) in [5.41, 5.74) is 3.99. The van der Waals surface area contributed by atoms with Gasteiger partial charge < -0.3 is 9.64 Å². The molecule has 2 fully saturated rings. The summed E-state index contributed by atoms with van der Waals surface area (Å²) in [5, 5.41) is 8.91. The Labute approximate surface area is 178 Å². The summed E-state index contributed by atoms with van der Waals surface area (Å²) < 4.78 is 5.81. The van der Waals surface area contributed by atoms with E-state index >= 15 is 0 Å². The van der Waals surface area contributed by atoms with E-state index in [1.165, 1.54) is 0 Å². The molecule has 1 unspecified atom stereocenters. The highest BCUT2D eigenvalue weighted by Gasteiger charge is 2.21. The van der Waals surface area contributed by atoms with E-state index in [2.05, 4.69) is 52.0 Å². The third-order valence-electron chi connectivity index (χ3n) is 6.07. The van der Waals surface area contributed by atoms with Gasteiger partial charge in [-0.15, -0.1) is 0 Å². The van der Waals surface area contributed by atoms with Gasteiger partial charge in [0.1, 0.15) is 6.10 Å². The van der Waals surface area contributed by atoms with Crippen molar-refractivity contribution in [3.63, 3.8) is 0 Å². The van der Waals surface area contributed by atoms with Gasteiger partial charge in [0.05, 0.1) is 24.5 Å². The van der Waals surface area contributed by atoms with Crippen LogP contribution in [0, 0.1) is 0 Å². The Bertz CT molecular complexity index is 816. The molecule has 2 aromatic rings. The Morgan fingerprint density at radius 1 is 1.03 bits per heavy atom. The van der Waals surface area contributed by atoms with Crippen molar-refractivity contribution in [2.24, 2.45) is 0 Å². The zero-order chi connectivity index (χ0) is 20.9. The van der Waals surface area contributed by atoms with Crippen molar-refractivity contribution in [2.45, 2.75) is 32.5 Å². The van der Waals surface area contributed by atoms with Crippen LogP contribution in [0.25, 0.3) is 11.3 Å². The summed E-state index contributed by atoms with van der Waals surface area (Å²) in [5.74, 6) is 0. The second-order valence-corrected chi connectivity index (χ2v) is 8.40. The molecule has 1 atom stereocenters. The van der Waals surface area contributed by atoms with Crippen LogP contribution in [0.5, 0.6) is 0 Å². The zero-order valence-corrected chi connectivity index (χ0v) is 17.9. The van der Waals surface area contributed by atoms with Gasteiger partial charge in [0.15, 0.2) is 0 Å². The Hall–Kier alpha value is -2.35. The van der Waals surface area contributed by atoms with Gasteiger partial charge in [-0.2, -0.15) is 10.2 Å². The zero-order valence-electron chi connectivity index (χ0n) is 17.9. The van der Waals surface area contributed by atoms with Gasteiger partial charge in [0, 0.05) is 50.9 Å². The SMILES string of the molecule is CC(C)N1CCN(Cc2ccc(-c3ccc(C4CN(C=O)CCO4)cc3)nn2)CC1. The van der Waals surface area contributed by atoms with Crippen LogP contribution in [0.15, 0.2) is 36.4 Å². The highest BCUT2D eigenvalue weighted by molar-refractivity contribution is 5.59. The van der Waals surface area contributed by atoms with E-state index < -0.39 is 0 Å². The number of amides is 1. The van der Waals surface area contributed by atoms with Gasteiger partial charge in [-0.05, 0) is 31.5 Å². The minimum Gasteiger partial charge on any atom is -0.370 e. The average Bonchev–Trinajstić information content (AvgIpc) is 2.80. The number of piperazine rings is 1. The van der Waals surface area contributed by atoms with Gasteiger partial charge in [-0.1, -0.05) is 24.3 Å². The minimum atomic E-state index is -0.0670. The lowest BCUT2D eigenvalue weighted by molar-refractivity contribution is -0.125. The van der Waals surface area contributed by atoms with Crippen molar-refractivity contribution < 1.29 is 9.53 Å². The monoisotopic (exact) mass is 409 g/mol. The average molecular weight is 410 g/mol. The second-order valence-electron chi connectivity index (χ2n) is 8.40. The van der Waals surface area contributed by atoms with E-state index in [1.807, 2.05) is 18.2 Å². The van der Waals surface area contributed by atoms with Gasteiger partial charge in [-0.3, -0.25) is 14.6 Å². The van der Waals surface area contributed by atoms with Crippen molar-refractivity contribution in [2.75, 3.05) is 45.9 Å². The maximum absolute atomic E-state index is 11.0. The van der Waals surface area contributed by atoms with Crippen molar-refractivity contribution in [3.05, 3.63) is 47.7 Å². The fraction of sp³-hybridized carbons (Fsp3) is 0.522. The van der Waals surface area contributed by atoms with Gasteiger partial charge in [0.2, 0.25) is 6.41 Å². The Balaban J connectivity index is 1.34. The summed E-state index contributed by atoms with van der Waals surface area (Å²) in [6.45, 7) is 11.6. The van der Waals surface area contributed by atoms with E-state index in [0.717, 1.165) is 61.6 Å². The molecule has 7 heteroatoms. The first-order valence-electron chi connectivity index (χ1n) is 10.8. The van der Waals surface area contributed by atoms with Crippen LogP contribution in [-0.4, -0.2) is 83.2 Å². The van der Waals surface area contributed by atoms with E-state index in [0.29, 0.717) is 25.7 Å². The Morgan fingerprint density at radius 3 is 2.43 bits per heavy atom. The lowest BCUT2D eigenvalue weighted by atomic mass is 10.0. The molecule has 1 amide bonds. The molecular formula is C23H31N5O2. The third kappa shape index (κ3) is 5.03. The van der Waals surface area contributed by atoms with E-state index in [-0.39, 0.29) is 6.10 Å². The molecule has 2 aliphatic heterocycles. The molecular weight excluding hydrogens is 378 g/mol.